The lowest BCUT2D eigenvalue weighted by Crippen LogP contribution is -2.48. The van der Waals surface area contributed by atoms with Gasteiger partial charge in [0.15, 0.2) is 5.96 Å². The van der Waals surface area contributed by atoms with E-state index in [9.17, 15) is 0 Å². The summed E-state index contributed by atoms with van der Waals surface area (Å²) in [4.78, 5) is 18.1. The van der Waals surface area contributed by atoms with Gasteiger partial charge in [-0.15, -0.1) is 24.0 Å². The number of hydrogen-bond donors (Lipinski definition) is 2. The number of guanidine groups is 1. The molecule has 26 heavy (non-hydrogen) atoms. The van der Waals surface area contributed by atoms with Gasteiger partial charge in [0, 0.05) is 63.7 Å². The Morgan fingerprint density at radius 3 is 2.38 bits per heavy atom. The third-order valence-corrected chi connectivity index (χ3v) is 3.95. The van der Waals surface area contributed by atoms with Gasteiger partial charge in [0.1, 0.15) is 0 Å². The number of aromatic nitrogens is 2. The monoisotopic (exact) mass is 475 g/mol. The van der Waals surface area contributed by atoms with Crippen LogP contribution in [0.15, 0.2) is 23.5 Å². The van der Waals surface area contributed by atoms with Gasteiger partial charge in [-0.2, -0.15) is 0 Å². The van der Waals surface area contributed by atoms with Crippen LogP contribution in [0.2, 0.25) is 0 Å². The van der Waals surface area contributed by atoms with E-state index in [4.69, 9.17) is 0 Å². The zero-order valence-corrected chi connectivity index (χ0v) is 18.9. The summed E-state index contributed by atoms with van der Waals surface area (Å²) in [7, 11) is 0. The van der Waals surface area contributed by atoms with Crippen LogP contribution >= 0.6 is 24.0 Å². The third kappa shape index (κ3) is 8.48. The van der Waals surface area contributed by atoms with Crippen molar-refractivity contribution < 1.29 is 0 Å². The van der Waals surface area contributed by atoms with E-state index in [1.54, 1.807) is 12.4 Å². The van der Waals surface area contributed by atoms with E-state index in [1.165, 1.54) is 0 Å². The van der Waals surface area contributed by atoms with Gasteiger partial charge in [0.05, 0.1) is 0 Å². The summed E-state index contributed by atoms with van der Waals surface area (Å²) in [5.41, 5.74) is 0.0246. The van der Waals surface area contributed by atoms with Crippen molar-refractivity contribution in [2.75, 3.05) is 50.7 Å². The van der Waals surface area contributed by atoms with Gasteiger partial charge in [-0.25, -0.2) is 9.97 Å². The molecule has 148 valence electrons. The minimum atomic E-state index is 0. The molecule has 0 saturated carbocycles. The highest BCUT2D eigenvalue weighted by Gasteiger charge is 2.18. The van der Waals surface area contributed by atoms with E-state index >= 15 is 0 Å². The van der Waals surface area contributed by atoms with Crippen molar-refractivity contribution in [3.8, 4) is 0 Å². The largest absolute Gasteiger partial charge is 0.357 e. The second-order valence-electron chi connectivity index (χ2n) is 7.37. The van der Waals surface area contributed by atoms with Crippen LogP contribution in [0.5, 0.6) is 0 Å². The molecule has 0 unspecified atom stereocenters. The number of anilines is 1. The first-order valence-corrected chi connectivity index (χ1v) is 9.29. The lowest BCUT2D eigenvalue weighted by atomic mass is 10.1. The van der Waals surface area contributed by atoms with Gasteiger partial charge < -0.3 is 15.5 Å². The number of piperazine rings is 1. The molecule has 7 nitrogen and oxygen atoms in total. The Morgan fingerprint density at radius 1 is 1.15 bits per heavy atom. The molecule has 0 bridgehead atoms. The van der Waals surface area contributed by atoms with Gasteiger partial charge in [-0.05, 0) is 40.2 Å². The number of hydrogen-bond acceptors (Lipinski definition) is 5. The molecular weight excluding hydrogens is 441 g/mol. The second-order valence-corrected chi connectivity index (χ2v) is 7.37. The molecule has 1 aromatic rings. The first-order chi connectivity index (χ1) is 12.0. The second kappa shape index (κ2) is 11.5. The molecule has 2 N–H and O–H groups in total. The number of rotatable bonds is 6. The molecule has 1 saturated heterocycles. The molecule has 0 atom stereocenters. The minimum absolute atomic E-state index is 0. The molecule has 2 rings (SSSR count). The first-order valence-electron chi connectivity index (χ1n) is 9.29. The molecule has 1 fully saturated rings. The fourth-order valence-corrected chi connectivity index (χ4v) is 2.77. The molecule has 0 amide bonds. The van der Waals surface area contributed by atoms with E-state index in [2.05, 4.69) is 63.1 Å². The van der Waals surface area contributed by atoms with E-state index in [0.29, 0.717) is 0 Å². The Labute approximate surface area is 175 Å². The van der Waals surface area contributed by atoms with Gasteiger partial charge >= 0.3 is 0 Å². The van der Waals surface area contributed by atoms with Crippen LogP contribution in [0, 0.1) is 0 Å². The summed E-state index contributed by atoms with van der Waals surface area (Å²) in [6.07, 6.45) is 4.68. The summed E-state index contributed by atoms with van der Waals surface area (Å²) in [6, 6.07) is 1.86. The Hall–Kier alpha value is -1.16. The van der Waals surface area contributed by atoms with Gasteiger partial charge in [0.2, 0.25) is 5.95 Å². The van der Waals surface area contributed by atoms with Crippen LogP contribution in [0.3, 0.4) is 0 Å². The van der Waals surface area contributed by atoms with E-state index in [1.807, 2.05) is 6.07 Å². The molecule has 2 heterocycles. The summed E-state index contributed by atoms with van der Waals surface area (Å²) in [5, 5.41) is 6.73. The zero-order chi connectivity index (χ0) is 18.1. The van der Waals surface area contributed by atoms with Crippen molar-refractivity contribution in [1.29, 1.82) is 0 Å². The number of nitrogens with one attached hydrogen (secondary N) is 2. The fraction of sp³-hybridized carbons (Fsp3) is 0.722. The summed E-state index contributed by atoms with van der Waals surface area (Å²) in [5.74, 6) is 1.75. The maximum absolute atomic E-state index is 4.68. The Morgan fingerprint density at radius 2 is 1.81 bits per heavy atom. The van der Waals surface area contributed by atoms with Crippen molar-refractivity contribution >= 4 is 35.9 Å². The number of nitrogens with zero attached hydrogens (tertiary/aromatic N) is 5. The smallest absolute Gasteiger partial charge is 0.225 e. The van der Waals surface area contributed by atoms with Gasteiger partial charge in [-0.3, -0.25) is 9.89 Å². The molecule has 1 aliphatic rings. The highest BCUT2D eigenvalue weighted by atomic mass is 127. The number of halogens is 1. The normalized spacial score (nSPS) is 16.2. The van der Waals surface area contributed by atoms with E-state index < -0.39 is 0 Å². The molecule has 0 radical (unpaired) electrons. The van der Waals surface area contributed by atoms with Crippen LogP contribution in [0.4, 0.5) is 5.95 Å². The van der Waals surface area contributed by atoms with Gasteiger partial charge in [0.25, 0.3) is 0 Å². The van der Waals surface area contributed by atoms with Crippen molar-refractivity contribution in [2.45, 2.75) is 39.7 Å². The maximum Gasteiger partial charge on any atom is 0.225 e. The topological polar surface area (TPSA) is 68.7 Å². The third-order valence-electron chi connectivity index (χ3n) is 3.95. The average molecular weight is 475 g/mol. The SMILES string of the molecule is CCNC(=NCCCN1CCN(c2ncccn2)CC1)NC(C)(C)C.I. The van der Waals surface area contributed by atoms with Crippen LogP contribution in [-0.2, 0) is 0 Å². The lowest BCUT2D eigenvalue weighted by Gasteiger charge is -2.34. The summed E-state index contributed by atoms with van der Waals surface area (Å²) >= 11 is 0. The number of aliphatic imine (C=N–C) groups is 1. The Bertz CT molecular complexity index is 522. The Kier molecular flexibility index (Phi) is 10.1. The van der Waals surface area contributed by atoms with Gasteiger partial charge in [-0.1, -0.05) is 0 Å². The lowest BCUT2D eigenvalue weighted by molar-refractivity contribution is 0.255. The molecule has 1 aromatic heterocycles. The molecule has 1 aliphatic heterocycles. The average Bonchev–Trinajstić information content (AvgIpc) is 2.59. The Balaban J connectivity index is 0.00000338. The molecule has 0 spiro atoms. The predicted molar refractivity (Wildman–Crippen MR) is 120 cm³/mol. The van der Waals surface area contributed by atoms with Crippen LogP contribution < -0.4 is 15.5 Å². The first kappa shape index (κ1) is 22.9. The predicted octanol–water partition coefficient (Wildman–Crippen LogP) is 1.96. The van der Waals surface area contributed by atoms with Crippen molar-refractivity contribution in [3.05, 3.63) is 18.5 Å². The molecule has 8 heteroatoms. The maximum atomic E-state index is 4.68. The molecule has 0 aliphatic carbocycles. The quantitative estimate of drug-likeness (QED) is 0.284. The summed E-state index contributed by atoms with van der Waals surface area (Å²) in [6.45, 7) is 15.4. The molecule has 0 aromatic carbocycles. The zero-order valence-electron chi connectivity index (χ0n) is 16.5. The van der Waals surface area contributed by atoms with Crippen LogP contribution in [0.25, 0.3) is 0 Å². The minimum Gasteiger partial charge on any atom is -0.357 e. The van der Waals surface area contributed by atoms with Crippen LogP contribution in [0.1, 0.15) is 34.1 Å². The summed E-state index contributed by atoms with van der Waals surface area (Å²) < 4.78 is 0. The fourth-order valence-electron chi connectivity index (χ4n) is 2.77. The van der Waals surface area contributed by atoms with Crippen molar-refractivity contribution in [2.24, 2.45) is 4.99 Å². The van der Waals surface area contributed by atoms with Crippen molar-refractivity contribution in [3.63, 3.8) is 0 Å². The highest BCUT2D eigenvalue weighted by Crippen LogP contribution is 2.09. The molecular formula is C18H34IN7. The standard InChI is InChI=1S/C18H33N7.HI/c1-5-19-16(23-18(2,3)4)20-10-7-11-24-12-14-25(15-13-24)17-21-8-6-9-22-17;/h6,8-9H,5,7,10-15H2,1-4H3,(H2,19,20,23);1H. The highest BCUT2D eigenvalue weighted by molar-refractivity contribution is 14.0. The van der Waals surface area contributed by atoms with E-state index in [-0.39, 0.29) is 29.5 Å². The van der Waals surface area contributed by atoms with Crippen molar-refractivity contribution in [1.82, 2.24) is 25.5 Å². The van der Waals surface area contributed by atoms with Crippen LogP contribution in [-0.4, -0.2) is 72.2 Å². The van der Waals surface area contributed by atoms with E-state index in [0.717, 1.165) is 64.1 Å².